The molecule has 1 aliphatic heterocycles. The van der Waals surface area contributed by atoms with Crippen LogP contribution in [-0.2, 0) is 12.7 Å². The van der Waals surface area contributed by atoms with Crippen LogP contribution in [0.5, 0.6) is 0 Å². The van der Waals surface area contributed by atoms with Gasteiger partial charge < -0.3 is 10.4 Å². The lowest BCUT2D eigenvalue weighted by Crippen LogP contribution is -2.34. The lowest BCUT2D eigenvalue weighted by Gasteiger charge is -2.31. The van der Waals surface area contributed by atoms with Crippen LogP contribution in [-0.4, -0.2) is 47.7 Å². The maximum absolute atomic E-state index is 13.1. The number of rotatable bonds is 8. The molecule has 3 aromatic carbocycles. The summed E-state index contributed by atoms with van der Waals surface area (Å²) in [5, 5.41) is 15.4. The summed E-state index contributed by atoms with van der Waals surface area (Å²) in [6.45, 7) is 2.81. The highest BCUT2D eigenvalue weighted by Crippen LogP contribution is 2.35. The zero-order valence-electron chi connectivity index (χ0n) is 21.7. The Kier molecular flexibility index (Phi) is 10.2. The Morgan fingerprint density at radius 3 is 2.41 bits per heavy atom. The van der Waals surface area contributed by atoms with Crippen molar-refractivity contribution in [2.24, 2.45) is 11.0 Å². The van der Waals surface area contributed by atoms with Crippen molar-refractivity contribution in [3.05, 3.63) is 98.0 Å². The third-order valence-electron chi connectivity index (χ3n) is 6.74. The number of amides is 2. The van der Waals surface area contributed by atoms with Crippen LogP contribution in [0.15, 0.2) is 70.2 Å². The molecule has 3 aromatic rings. The monoisotopic (exact) mass is 650 g/mol. The maximum atomic E-state index is 13.1. The molecule has 4 rings (SSSR count). The summed E-state index contributed by atoms with van der Waals surface area (Å²) >= 11 is 8.94. The van der Waals surface area contributed by atoms with Gasteiger partial charge in [-0.05, 0) is 85.4 Å². The third kappa shape index (κ3) is 8.38. The number of alkyl halides is 3. The molecule has 1 heterocycles. The van der Waals surface area contributed by atoms with Crippen LogP contribution in [0.3, 0.4) is 0 Å². The van der Waals surface area contributed by atoms with Gasteiger partial charge in [0.1, 0.15) is 0 Å². The zero-order chi connectivity index (χ0) is 29.6. The van der Waals surface area contributed by atoms with Gasteiger partial charge in [-0.3, -0.25) is 14.5 Å². The van der Waals surface area contributed by atoms with Crippen molar-refractivity contribution in [3.63, 3.8) is 0 Å². The summed E-state index contributed by atoms with van der Waals surface area (Å²) in [5.74, 6) is -0.728. The van der Waals surface area contributed by atoms with Crippen molar-refractivity contribution in [3.8, 4) is 0 Å². The fourth-order valence-corrected chi connectivity index (χ4v) is 5.01. The average molecular weight is 652 g/mol. The summed E-state index contributed by atoms with van der Waals surface area (Å²) in [6.07, 6.45) is -1.64. The van der Waals surface area contributed by atoms with Crippen molar-refractivity contribution in [1.82, 2.24) is 10.3 Å². The van der Waals surface area contributed by atoms with Gasteiger partial charge >= 0.3 is 6.18 Å². The number of carbonyl (C=O) groups excluding carboxylic acids is 2. The minimum atomic E-state index is -4.63. The van der Waals surface area contributed by atoms with E-state index in [-0.39, 0.29) is 23.4 Å². The first-order chi connectivity index (χ1) is 19.5. The molecule has 0 aliphatic carbocycles. The molecule has 1 fully saturated rings. The first-order valence-electron chi connectivity index (χ1n) is 12.8. The number of carbonyl (C=O) groups is 2. The van der Waals surface area contributed by atoms with E-state index in [1.165, 1.54) is 12.1 Å². The van der Waals surface area contributed by atoms with Crippen LogP contribution in [0.4, 0.5) is 18.9 Å². The van der Waals surface area contributed by atoms with E-state index in [2.05, 4.69) is 36.7 Å². The maximum Gasteiger partial charge on any atom is 0.417 e. The fourth-order valence-electron chi connectivity index (χ4n) is 4.42. The van der Waals surface area contributed by atoms with Gasteiger partial charge in [-0.25, -0.2) is 5.43 Å². The van der Waals surface area contributed by atoms with Gasteiger partial charge in [0.05, 0.1) is 28.1 Å². The fraction of sp³-hybridized carbons (Fsp3) is 0.276. The molecule has 0 bridgehead atoms. The third-order valence-corrected chi connectivity index (χ3v) is 7.56. The average Bonchev–Trinajstić information content (AvgIpc) is 2.95. The number of halogens is 5. The molecule has 0 aromatic heterocycles. The Balaban J connectivity index is 1.40. The molecule has 1 aliphatic rings. The lowest BCUT2D eigenvalue weighted by molar-refractivity contribution is -0.137. The van der Waals surface area contributed by atoms with E-state index in [0.717, 1.165) is 56.4 Å². The second-order valence-electron chi connectivity index (χ2n) is 9.68. The Morgan fingerprint density at radius 2 is 1.76 bits per heavy atom. The molecule has 12 heteroatoms. The van der Waals surface area contributed by atoms with E-state index in [1.807, 2.05) is 12.1 Å². The highest BCUT2D eigenvalue weighted by molar-refractivity contribution is 9.10. The Bertz CT molecular complexity index is 1430. The van der Waals surface area contributed by atoms with Crippen LogP contribution in [0, 0.1) is 5.92 Å². The molecule has 0 radical (unpaired) electrons. The molecule has 0 saturated carbocycles. The SMILES string of the molecule is O=C(Nc1ccc(Br)cc1C(=O)NN=Cc1ccc(Cl)c(C(F)(F)F)c1)c1ccc(CN2CCC(CO)CC2)cc1. The van der Waals surface area contributed by atoms with E-state index in [4.69, 9.17) is 11.6 Å². The number of piperidine rings is 1. The molecule has 2 amide bonds. The molecule has 1 saturated heterocycles. The van der Waals surface area contributed by atoms with E-state index in [9.17, 15) is 27.9 Å². The minimum Gasteiger partial charge on any atom is -0.396 e. The van der Waals surface area contributed by atoms with E-state index in [0.29, 0.717) is 16.0 Å². The first-order valence-corrected chi connectivity index (χ1v) is 13.9. The number of hydrogen-bond donors (Lipinski definition) is 3. The van der Waals surface area contributed by atoms with Gasteiger partial charge in [-0.1, -0.05) is 45.7 Å². The van der Waals surface area contributed by atoms with Crippen molar-refractivity contribution in [2.75, 3.05) is 25.0 Å². The van der Waals surface area contributed by atoms with Gasteiger partial charge in [0, 0.05) is 23.2 Å². The lowest BCUT2D eigenvalue weighted by atomic mass is 9.97. The minimum absolute atomic E-state index is 0.0860. The number of likely N-dealkylation sites (tertiary alicyclic amines) is 1. The van der Waals surface area contributed by atoms with Gasteiger partial charge in [-0.2, -0.15) is 18.3 Å². The topological polar surface area (TPSA) is 94.0 Å². The molecule has 3 N–H and O–H groups in total. The second kappa shape index (κ2) is 13.6. The standard InChI is InChI=1S/C29H27BrClF3N4O3/c30-22-6-8-26(23(14-22)28(41)37-35-15-20-3-7-25(31)24(13-20)29(32,33)34)36-27(40)21-4-1-18(2-5-21)16-38-11-9-19(17-39)10-12-38/h1-8,13-15,19,39H,9-12,16-17H2,(H,36,40)(H,37,41). The van der Waals surface area contributed by atoms with Crippen LogP contribution in [0.2, 0.25) is 5.02 Å². The van der Waals surface area contributed by atoms with Crippen molar-refractivity contribution in [2.45, 2.75) is 25.6 Å². The van der Waals surface area contributed by atoms with Crippen LogP contribution in [0.1, 0.15) is 50.2 Å². The smallest absolute Gasteiger partial charge is 0.396 e. The molecular formula is C29H27BrClF3N4O3. The van der Waals surface area contributed by atoms with Gasteiger partial charge in [0.2, 0.25) is 0 Å². The number of anilines is 1. The highest BCUT2D eigenvalue weighted by Gasteiger charge is 2.33. The van der Waals surface area contributed by atoms with Crippen molar-refractivity contribution >= 4 is 51.2 Å². The van der Waals surface area contributed by atoms with Gasteiger partial charge in [0.15, 0.2) is 0 Å². The number of benzene rings is 3. The summed E-state index contributed by atoms with van der Waals surface area (Å²) < 4.78 is 39.9. The van der Waals surface area contributed by atoms with E-state index >= 15 is 0 Å². The predicted molar refractivity (Wildman–Crippen MR) is 155 cm³/mol. The van der Waals surface area contributed by atoms with Crippen LogP contribution in [0.25, 0.3) is 0 Å². The highest BCUT2D eigenvalue weighted by atomic mass is 79.9. The predicted octanol–water partition coefficient (Wildman–Crippen LogP) is 6.34. The Morgan fingerprint density at radius 1 is 1.05 bits per heavy atom. The van der Waals surface area contributed by atoms with Crippen molar-refractivity contribution in [1.29, 1.82) is 0 Å². The van der Waals surface area contributed by atoms with Crippen LogP contribution >= 0.6 is 27.5 Å². The van der Waals surface area contributed by atoms with Crippen molar-refractivity contribution < 1.29 is 27.9 Å². The number of aliphatic hydroxyl groups is 1. The summed E-state index contributed by atoms with van der Waals surface area (Å²) in [7, 11) is 0. The number of aliphatic hydroxyl groups excluding tert-OH is 1. The Hall–Kier alpha value is -3.25. The van der Waals surface area contributed by atoms with E-state index in [1.54, 1.807) is 24.3 Å². The zero-order valence-corrected chi connectivity index (χ0v) is 24.1. The molecule has 41 heavy (non-hydrogen) atoms. The molecule has 0 spiro atoms. The quantitative estimate of drug-likeness (QED) is 0.196. The van der Waals surface area contributed by atoms with Gasteiger partial charge in [0.25, 0.3) is 11.8 Å². The Labute approximate surface area is 248 Å². The van der Waals surface area contributed by atoms with Crippen LogP contribution < -0.4 is 10.7 Å². The normalized spacial score (nSPS) is 14.8. The number of hydrogen-bond acceptors (Lipinski definition) is 5. The second-order valence-corrected chi connectivity index (χ2v) is 11.0. The number of hydrazone groups is 1. The summed E-state index contributed by atoms with van der Waals surface area (Å²) in [6, 6.07) is 15.2. The summed E-state index contributed by atoms with van der Waals surface area (Å²) in [4.78, 5) is 28.1. The molecule has 0 unspecified atom stereocenters. The largest absolute Gasteiger partial charge is 0.417 e. The van der Waals surface area contributed by atoms with Gasteiger partial charge in [-0.15, -0.1) is 0 Å². The molecular weight excluding hydrogens is 625 g/mol. The molecule has 7 nitrogen and oxygen atoms in total. The summed E-state index contributed by atoms with van der Waals surface area (Å²) in [5.41, 5.74) is 3.15. The first kappa shape index (κ1) is 30.7. The number of nitrogens with zero attached hydrogens (tertiary/aromatic N) is 2. The van der Waals surface area contributed by atoms with E-state index < -0.39 is 28.6 Å². The molecule has 0 atom stereocenters. The number of nitrogens with one attached hydrogen (secondary N) is 2. The molecule has 216 valence electrons.